The molecule has 1 saturated heterocycles. The third-order valence-corrected chi connectivity index (χ3v) is 4.15. The third-order valence-electron chi connectivity index (χ3n) is 4.15. The highest BCUT2D eigenvalue weighted by atomic mass is 16.2. The molecule has 3 nitrogen and oxygen atoms in total. The van der Waals surface area contributed by atoms with Gasteiger partial charge in [0.2, 0.25) is 5.91 Å². The smallest absolute Gasteiger partial charge is 0.230 e. The monoisotopic (exact) mass is 285 g/mol. The summed E-state index contributed by atoms with van der Waals surface area (Å²) in [6, 6.07) is 9.88. The van der Waals surface area contributed by atoms with E-state index in [0.29, 0.717) is 6.42 Å². The van der Waals surface area contributed by atoms with E-state index in [-0.39, 0.29) is 29.3 Å². The quantitative estimate of drug-likeness (QED) is 0.628. The molecule has 0 bridgehead atoms. The van der Waals surface area contributed by atoms with Crippen LogP contribution in [-0.2, 0) is 9.59 Å². The van der Waals surface area contributed by atoms with E-state index >= 15 is 0 Å². The molecule has 1 aliphatic heterocycles. The molecular formula is C18H23NO2. The highest BCUT2D eigenvalue weighted by molar-refractivity contribution is 5.85. The predicted octanol–water partition coefficient (Wildman–Crippen LogP) is 3.38. The Morgan fingerprint density at radius 3 is 2.33 bits per heavy atom. The zero-order valence-electron chi connectivity index (χ0n) is 13.0. The van der Waals surface area contributed by atoms with Gasteiger partial charge in [-0.1, -0.05) is 36.4 Å². The molecule has 1 heterocycles. The van der Waals surface area contributed by atoms with Crippen molar-refractivity contribution in [3.05, 3.63) is 48.6 Å². The van der Waals surface area contributed by atoms with Gasteiger partial charge in [-0.25, -0.2) is 0 Å². The number of hydrogen-bond donors (Lipinski definition) is 0. The second-order valence-corrected chi connectivity index (χ2v) is 6.56. The summed E-state index contributed by atoms with van der Waals surface area (Å²) in [7, 11) is 0. The van der Waals surface area contributed by atoms with E-state index in [9.17, 15) is 9.59 Å². The van der Waals surface area contributed by atoms with Crippen molar-refractivity contribution < 1.29 is 9.59 Å². The molecular weight excluding hydrogens is 262 g/mol. The maximum Gasteiger partial charge on any atom is 0.230 e. The summed E-state index contributed by atoms with van der Waals surface area (Å²) in [4.78, 5) is 25.8. The molecule has 3 heteroatoms. The number of nitrogens with zero attached hydrogens (tertiary/aromatic N) is 1. The number of carbonyl (C=O) groups excluding carboxylic acids is 2. The van der Waals surface area contributed by atoms with Gasteiger partial charge in [0.1, 0.15) is 6.29 Å². The minimum Gasteiger partial charge on any atom is -0.330 e. The number of amides is 1. The molecule has 0 spiro atoms. The van der Waals surface area contributed by atoms with Gasteiger partial charge >= 0.3 is 0 Å². The molecule has 0 N–H and O–H groups in total. The fourth-order valence-electron chi connectivity index (χ4n) is 3.33. The minimum atomic E-state index is -0.295. The van der Waals surface area contributed by atoms with Crippen LogP contribution >= 0.6 is 0 Å². The van der Waals surface area contributed by atoms with E-state index in [1.54, 1.807) is 6.08 Å². The summed E-state index contributed by atoms with van der Waals surface area (Å²) in [5.74, 6) is -0.271. The van der Waals surface area contributed by atoms with Crippen molar-refractivity contribution >= 4 is 12.2 Å². The van der Waals surface area contributed by atoms with Crippen LogP contribution in [0.5, 0.6) is 0 Å². The van der Waals surface area contributed by atoms with Crippen LogP contribution in [0.1, 0.15) is 38.8 Å². The predicted molar refractivity (Wildman–Crippen MR) is 83.6 cm³/mol. The van der Waals surface area contributed by atoms with Gasteiger partial charge in [-0.3, -0.25) is 4.79 Å². The lowest BCUT2D eigenvalue weighted by Gasteiger charge is -2.38. The third kappa shape index (κ3) is 2.78. The van der Waals surface area contributed by atoms with E-state index in [0.717, 1.165) is 11.8 Å². The van der Waals surface area contributed by atoms with Crippen molar-refractivity contribution in [1.29, 1.82) is 0 Å². The number of benzene rings is 1. The molecule has 0 aromatic heterocycles. The van der Waals surface area contributed by atoms with Crippen LogP contribution in [0, 0.1) is 11.8 Å². The molecule has 0 unspecified atom stereocenters. The van der Waals surface area contributed by atoms with Gasteiger partial charge in [0.25, 0.3) is 0 Å². The first-order chi connectivity index (χ1) is 9.91. The summed E-state index contributed by atoms with van der Waals surface area (Å²) in [5, 5.41) is 0. The minimum absolute atomic E-state index is 0.0471. The average molecular weight is 285 g/mol. The van der Waals surface area contributed by atoms with Crippen molar-refractivity contribution in [3.8, 4) is 0 Å². The summed E-state index contributed by atoms with van der Waals surface area (Å²) in [5.41, 5.74) is 0.785. The number of aldehydes is 1. The van der Waals surface area contributed by atoms with Crippen molar-refractivity contribution in [2.24, 2.45) is 11.8 Å². The molecule has 1 fully saturated rings. The van der Waals surface area contributed by atoms with Crippen LogP contribution in [0.3, 0.4) is 0 Å². The van der Waals surface area contributed by atoms with Crippen molar-refractivity contribution in [2.45, 2.75) is 38.8 Å². The fourth-order valence-corrected chi connectivity index (χ4v) is 3.33. The average Bonchev–Trinajstić information content (AvgIpc) is 2.72. The number of rotatable bonds is 4. The summed E-state index contributed by atoms with van der Waals surface area (Å²) >= 11 is 0. The fraction of sp³-hybridized carbons (Fsp3) is 0.444. The van der Waals surface area contributed by atoms with E-state index < -0.39 is 0 Å². The van der Waals surface area contributed by atoms with Crippen molar-refractivity contribution in [3.63, 3.8) is 0 Å². The van der Waals surface area contributed by atoms with Crippen LogP contribution in [0.2, 0.25) is 0 Å². The zero-order valence-corrected chi connectivity index (χ0v) is 13.0. The first-order valence-electron chi connectivity index (χ1n) is 7.36. The summed E-state index contributed by atoms with van der Waals surface area (Å²) < 4.78 is 0. The number of hydrogen-bond acceptors (Lipinski definition) is 2. The van der Waals surface area contributed by atoms with Crippen LogP contribution in [0.4, 0.5) is 0 Å². The molecule has 0 aliphatic carbocycles. The number of likely N-dealkylation sites (tertiary alicyclic amines) is 1. The lowest BCUT2D eigenvalue weighted by Crippen LogP contribution is -2.44. The lowest BCUT2D eigenvalue weighted by atomic mass is 9.84. The normalized spacial score (nSPS) is 26.0. The highest BCUT2D eigenvalue weighted by Crippen LogP contribution is 2.46. The Morgan fingerprint density at radius 1 is 1.24 bits per heavy atom. The van der Waals surface area contributed by atoms with Gasteiger partial charge < -0.3 is 9.69 Å². The maximum absolute atomic E-state index is 12.8. The summed E-state index contributed by atoms with van der Waals surface area (Å²) in [6.45, 7) is 9.90. The Bertz CT molecular complexity index is 530. The first-order valence-corrected chi connectivity index (χ1v) is 7.36. The van der Waals surface area contributed by atoms with Gasteiger partial charge in [-0.05, 0) is 26.3 Å². The lowest BCUT2D eigenvalue weighted by molar-refractivity contribution is -0.135. The van der Waals surface area contributed by atoms with E-state index in [1.807, 2.05) is 56.0 Å². The van der Waals surface area contributed by atoms with Crippen molar-refractivity contribution in [1.82, 2.24) is 4.90 Å². The standard InChI is InChI=1S/C18H23NO2/c1-5-14-15(11-12-20)16(13-9-7-6-8-10-13)19(17(14)21)18(2,3)4/h5-10,12,14-16H,1,11H2,2-4H3/t14-,15+,16-/m1/s1. The molecule has 112 valence electrons. The van der Waals surface area contributed by atoms with Crippen molar-refractivity contribution in [2.75, 3.05) is 0 Å². The molecule has 21 heavy (non-hydrogen) atoms. The Morgan fingerprint density at radius 2 is 1.86 bits per heavy atom. The van der Waals surface area contributed by atoms with Gasteiger partial charge in [0.15, 0.2) is 0 Å². The Hall–Kier alpha value is -1.90. The second-order valence-electron chi connectivity index (χ2n) is 6.56. The number of carbonyl (C=O) groups is 2. The largest absolute Gasteiger partial charge is 0.330 e. The zero-order chi connectivity index (χ0) is 15.6. The van der Waals surface area contributed by atoms with Gasteiger partial charge in [0, 0.05) is 17.9 Å². The molecule has 1 aromatic carbocycles. The van der Waals surface area contributed by atoms with Crippen LogP contribution in [0.25, 0.3) is 0 Å². The second kappa shape index (κ2) is 5.84. The molecule has 3 atom stereocenters. The Labute approximate surface area is 126 Å². The van der Waals surface area contributed by atoms with E-state index in [1.165, 1.54) is 0 Å². The Balaban J connectivity index is 2.54. The van der Waals surface area contributed by atoms with Crippen LogP contribution in [0.15, 0.2) is 43.0 Å². The highest BCUT2D eigenvalue weighted by Gasteiger charge is 2.50. The summed E-state index contributed by atoms with van der Waals surface area (Å²) in [6.07, 6.45) is 2.98. The molecule has 2 rings (SSSR count). The molecule has 1 aliphatic rings. The van der Waals surface area contributed by atoms with E-state index in [2.05, 4.69) is 6.58 Å². The maximum atomic E-state index is 12.8. The Kier molecular flexibility index (Phi) is 4.31. The van der Waals surface area contributed by atoms with E-state index in [4.69, 9.17) is 0 Å². The SMILES string of the molecule is C=C[C@H]1C(=O)N(C(C)(C)C)[C@H](c2ccccc2)[C@H]1CC=O. The molecule has 0 saturated carbocycles. The molecule has 0 radical (unpaired) electrons. The van der Waals surface area contributed by atoms with Crippen LogP contribution in [-0.4, -0.2) is 22.6 Å². The van der Waals surface area contributed by atoms with Gasteiger partial charge in [-0.2, -0.15) is 0 Å². The van der Waals surface area contributed by atoms with Gasteiger partial charge in [-0.15, -0.1) is 6.58 Å². The molecule has 1 amide bonds. The van der Waals surface area contributed by atoms with Crippen LogP contribution < -0.4 is 0 Å². The topological polar surface area (TPSA) is 37.4 Å². The van der Waals surface area contributed by atoms with Gasteiger partial charge in [0.05, 0.1) is 12.0 Å². The first kappa shape index (κ1) is 15.5. The molecule has 1 aromatic rings.